The second-order valence-electron chi connectivity index (χ2n) is 16.7. The number of carbonyl (C=O) groups is 2. The van der Waals surface area contributed by atoms with Crippen molar-refractivity contribution in [1.82, 2.24) is 0 Å². The van der Waals surface area contributed by atoms with Crippen LogP contribution in [0.2, 0.25) is 0 Å². The van der Waals surface area contributed by atoms with Crippen LogP contribution in [0.15, 0.2) is 72.8 Å². The Morgan fingerprint density at radius 3 is 1.42 bits per heavy atom. The first-order chi connectivity index (χ1) is 30.2. The molecular weight excluding hydrogens is 947 g/mol. The maximum absolute atomic E-state index is 12.5. The fourth-order valence-corrected chi connectivity index (χ4v) is 12.4. The van der Waals surface area contributed by atoms with Gasteiger partial charge in [0.15, 0.2) is 12.0 Å². The molecule has 2 aromatic rings. The third-order valence-corrected chi connectivity index (χ3v) is 16.1. The van der Waals surface area contributed by atoms with Gasteiger partial charge in [-0.3, -0.25) is 14.2 Å². The fourth-order valence-electron chi connectivity index (χ4n) is 6.41. The molecule has 9 N–H and O–H groups in total. The van der Waals surface area contributed by atoms with E-state index in [1.54, 1.807) is 24.9 Å². The van der Waals surface area contributed by atoms with Gasteiger partial charge in [-0.2, -0.15) is 9.79 Å². The van der Waals surface area contributed by atoms with Gasteiger partial charge in [0.2, 0.25) is 7.37 Å². The Morgan fingerprint density at radius 2 is 1.11 bits per heavy atom. The SMILES string of the molecule is C=C(C)CCC.CCCC(C)CP(C)(=O)C(O)c1ccccc1.CCCC(C)C[P+](=O)O.CCCC(C)C[P+](C)=O.O.O=C(O)CCC(CP(=O)(O)C(O)c1ccccc1)C(=O)O.O=[PH+]O. The minimum Gasteiger partial charge on any atom is -0.481 e. The minimum absolute atomic E-state index is 0. The summed E-state index contributed by atoms with van der Waals surface area (Å²) in [5.74, 6) is -4.87. The Bertz CT molecular complexity index is 1660. The highest BCUT2D eigenvalue weighted by Crippen LogP contribution is 2.56. The topological polar surface area (TPSA) is 293 Å². The Kier molecular flexibility index (Phi) is 48.3. The van der Waals surface area contributed by atoms with E-state index in [0.29, 0.717) is 30.1 Å². The lowest BCUT2D eigenvalue weighted by atomic mass is 10.1. The molecule has 0 aliphatic rings. The predicted octanol–water partition coefficient (Wildman–Crippen LogP) is 12.1. The van der Waals surface area contributed by atoms with Crippen LogP contribution in [0.25, 0.3) is 0 Å². The molecule has 20 heteroatoms. The summed E-state index contributed by atoms with van der Waals surface area (Å²) < 4.78 is 54.1. The third kappa shape index (κ3) is 43.0. The van der Waals surface area contributed by atoms with Gasteiger partial charge < -0.3 is 35.4 Å². The smallest absolute Gasteiger partial charge is 0.481 e. The van der Waals surface area contributed by atoms with Crippen molar-refractivity contribution in [1.29, 1.82) is 0 Å². The molecule has 0 saturated heterocycles. The van der Waals surface area contributed by atoms with Crippen molar-refractivity contribution in [3.05, 3.63) is 83.9 Å². The molecule has 15 nitrogen and oxygen atoms in total. The minimum atomic E-state index is -4.19. The number of aliphatic hydroxyl groups is 2. The molecule has 11 unspecified atom stereocenters. The molecule has 0 aliphatic heterocycles. The summed E-state index contributed by atoms with van der Waals surface area (Å²) in [5, 5.41) is 37.7. The van der Waals surface area contributed by atoms with Crippen LogP contribution < -0.4 is 0 Å². The maximum atomic E-state index is 12.5. The van der Waals surface area contributed by atoms with Crippen molar-refractivity contribution >= 4 is 51.0 Å². The lowest BCUT2D eigenvalue weighted by Gasteiger charge is -2.23. The second kappa shape index (κ2) is 43.9. The molecule has 0 radical (unpaired) electrons. The van der Waals surface area contributed by atoms with E-state index in [1.807, 2.05) is 43.9 Å². The van der Waals surface area contributed by atoms with E-state index >= 15 is 0 Å². The van der Waals surface area contributed by atoms with Crippen LogP contribution in [0.4, 0.5) is 0 Å². The number of benzene rings is 2. The molecule has 0 spiro atoms. The van der Waals surface area contributed by atoms with Crippen molar-refractivity contribution in [2.75, 3.05) is 38.0 Å². The predicted molar refractivity (Wildman–Crippen MR) is 274 cm³/mol. The monoisotopic (exact) mass is 1030 g/mol. The Balaban J connectivity index is -0.000000246. The molecule has 11 atom stereocenters. The molecule has 66 heavy (non-hydrogen) atoms. The zero-order valence-electron chi connectivity index (χ0n) is 41.1. The van der Waals surface area contributed by atoms with E-state index in [4.69, 9.17) is 24.6 Å². The molecule has 0 fully saturated rings. The summed E-state index contributed by atoms with van der Waals surface area (Å²) in [7, 11) is -10.7. The van der Waals surface area contributed by atoms with Crippen LogP contribution in [0.1, 0.15) is 142 Å². The van der Waals surface area contributed by atoms with Gasteiger partial charge in [-0.1, -0.05) is 151 Å². The highest BCUT2D eigenvalue weighted by molar-refractivity contribution is 7.63. The van der Waals surface area contributed by atoms with E-state index in [0.717, 1.165) is 37.4 Å². The van der Waals surface area contributed by atoms with E-state index in [1.165, 1.54) is 43.4 Å². The first-order valence-corrected chi connectivity index (χ1v) is 30.6. The standard InChI is InChI=1S/C14H23O2P.C13H17O7P.C7H16OP.C6H13O2P.C6H12.HO2P.H2O/c1-4-8-12(2)11-17(3,16)14(15)13-9-6-5-7-10-13;14-11(15)7-6-10(12(16)17)8-21(19,20)13(18)9-4-2-1-3-5-9;1-4-5-7(2)6-9(3)8;1-3-4-6(2)5-9(7)8;1-4-5-6(2)3;1-3-2;/h5-7,9-10,12,14-15H,4,8,11H2,1-3H3;1-5,10,13,18H,6-8H2,(H,14,15)(H,16,17)(H,19,20);7H,4-6H2,1-3H3;6H,3-5H2,1-2H3;2,4-5H2,1,3H3;3H;1H2/q;;+1;;;;/p+2. The lowest BCUT2D eigenvalue weighted by Crippen LogP contribution is -2.21. The van der Waals surface area contributed by atoms with Gasteiger partial charge in [-0.05, 0) is 71.4 Å². The average molecular weight is 1030 g/mol. The first kappa shape index (κ1) is 72.6. The summed E-state index contributed by atoms with van der Waals surface area (Å²) in [5.41, 5.74) is 2.27. The maximum Gasteiger partial charge on any atom is 0.505 e. The first-order valence-electron chi connectivity index (χ1n) is 22.2. The molecule has 0 bridgehead atoms. The zero-order chi connectivity index (χ0) is 51.2. The van der Waals surface area contributed by atoms with Gasteiger partial charge in [0, 0.05) is 24.7 Å². The largest absolute Gasteiger partial charge is 0.505 e. The molecular formula is C46H86O15P5+3. The average Bonchev–Trinajstić information content (AvgIpc) is 3.20. The van der Waals surface area contributed by atoms with Crippen LogP contribution in [0, 0.1) is 23.7 Å². The molecule has 0 saturated carbocycles. The Labute approximate surface area is 399 Å². The summed E-state index contributed by atoms with van der Waals surface area (Å²) in [4.78, 5) is 46.9. The number of hydrogen-bond acceptors (Lipinski definition) is 9. The van der Waals surface area contributed by atoms with E-state index in [2.05, 4.69) is 55.0 Å². The molecule has 0 heterocycles. The molecule has 0 amide bonds. The van der Waals surface area contributed by atoms with E-state index in [9.17, 15) is 43.0 Å². The van der Waals surface area contributed by atoms with E-state index < -0.39 is 81.2 Å². The number of aliphatic carboxylic acids is 2. The normalized spacial score (nSPS) is 15.3. The lowest BCUT2D eigenvalue weighted by molar-refractivity contribution is -0.142. The van der Waals surface area contributed by atoms with Crippen molar-refractivity contribution < 1.29 is 73.0 Å². The van der Waals surface area contributed by atoms with Gasteiger partial charge in [0.25, 0.3) is 0 Å². The van der Waals surface area contributed by atoms with Gasteiger partial charge in [0.05, 0.1) is 5.92 Å². The van der Waals surface area contributed by atoms with Crippen molar-refractivity contribution in [2.45, 2.75) is 131 Å². The summed E-state index contributed by atoms with van der Waals surface area (Å²) in [6, 6.07) is 17.1. The zero-order valence-corrected chi connectivity index (χ0v) is 45.7. The number of carboxylic acids is 2. The highest BCUT2D eigenvalue weighted by atomic mass is 31.2. The summed E-state index contributed by atoms with van der Waals surface area (Å²) in [6.45, 7) is 24.2. The molecule has 2 rings (SSSR count). The summed E-state index contributed by atoms with van der Waals surface area (Å²) >= 11 is 0. The molecule has 382 valence electrons. The van der Waals surface area contributed by atoms with Gasteiger partial charge in [0.1, 0.15) is 25.8 Å². The molecule has 2 aromatic carbocycles. The van der Waals surface area contributed by atoms with Crippen molar-refractivity contribution in [3.8, 4) is 0 Å². The molecule has 0 aromatic heterocycles. The van der Waals surface area contributed by atoms with E-state index in [-0.39, 0.29) is 17.5 Å². The quantitative estimate of drug-likeness (QED) is 0.0380. The van der Waals surface area contributed by atoms with Crippen LogP contribution in [0.5, 0.6) is 0 Å². The second-order valence-corrected chi connectivity index (χ2v) is 25.1. The number of aliphatic hydroxyl groups excluding tert-OH is 2. The van der Waals surface area contributed by atoms with Crippen LogP contribution in [-0.2, 0) is 32.4 Å². The van der Waals surface area contributed by atoms with Crippen molar-refractivity contribution in [2.24, 2.45) is 23.7 Å². The number of carboxylic acid groups (broad SMARTS) is 2. The van der Waals surface area contributed by atoms with Crippen LogP contribution in [-0.4, -0.2) is 90.5 Å². The number of hydrogen-bond donors (Lipinski definition) is 7. The van der Waals surface area contributed by atoms with Gasteiger partial charge in [-0.25, -0.2) is 0 Å². The number of rotatable bonds is 24. The van der Waals surface area contributed by atoms with Crippen LogP contribution >= 0.6 is 39.0 Å². The van der Waals surface area contributed by atoms with Crippen molar-refractivity contribution in [3.63, 3.8) is 0 Å². The fraction of sp³-hybridized carbons (Fsp3) is 0.652. The molecule has 0 aliphatic carbocycles. The third-order valence-electron chi connectivity index (χ3n) is 9.36. The summed E-state index contributed by atoms with van der Waals surface area (Å²) in [6.07, 6.45) is 9.80. The number of allylic oxidation sites excluding steroid dienone is 1. The van der Waals surface area contributed by atoms with Gasteiger partial charge in [-0.15, -0.1) is 6.58 Å². The Morgan fingerprint density at radius 1 is 0.712 bits per heavy atom. The highest BCUT2D eigenvalue weighted by Gasteiger charge is 2.36. The van der Waals surface area contributed by atoms with Crippen LogP contribution in [0.3, 0.4) is 0 Å². The van der Waals surface area contributed by atoms with Gasteiger partial charge >= 0.3 is 36.5 Å². The Hall–Kier alpha value is -2.36.